The third kappa shape index (κ3) is 3.25. The molecule has 0 bridgehead atoms. The summed E-state index contributed by atoms with van der Waals surface area (Å²) in [6.45, 7) is 2.17. The zero-order valence-electron chi connectivity index (χ0n) is 8.51. The molecular formula is C10H21NO2. The van der Waals surface area contributed by atoms with Gasteiger partial charge in [0, 0.05) is 19.3 Å². The van der Waals surface area contributed by atoms with Crippen LogP contribution in [0.5, 0.6) is 0 Å². The predicted molar refractivity (Wildman–Crippen MR) is 52.8 cm³/mol. The second kappa shape index (κ2) is 5.58. The van der Waals surface area contributed by atoms with E-state index in [1.807, 2.05) is 0 Å². The third-order valence-corrected chi connectivity index (χ3v) is 2.89. The van der Waals surface area contributed by atoms with Crippen LogP contribution >= 0.6 is 0 Å². The molecule has 0 spiro atoms. The number of unbranched alkanes of at least 4 members (excludes halogenated alkanes) is 1. The van der Waals surface area contributed by atoms with Crippen LogP contribution in [0.4, 0.5) is 0 Å². The lowest BCUT2D eigenvalue weighted by Crippen LogP contribution is -2.43. The first-order valence-electron chi connectivity index (χ1n) is 5.18. The Hall–Kier alpha value is -0.120. The van der Waals surface area contributed by atoms with Crippen molar-refractivity contribution in [3.8, 4) is 0 Å². The van der Waals surface area contributed by atoms with Crippen molar-refractivity contribution in [3.05, 3.63) is 0 Å². The van der Waals surface area contributed by atoms with Gasteiger partial charge in [0.2, 0.25) is 0 Å². The Morgan fingerprint density at radius 1 is 1.46 bits per heavy atom. The third-order valence-electron chi connectivity index (χ3n) is 2.89. The molecule has 1 unspecified atom stereocenters. The summed E-state index contributed by atoms with van der Waals surface area (Å²) < 4.78 is 4.99. The topological polar surface area (TPSA) is 41.5 Å². The molecule has 78 valence electrons. The Bertz CT molecular complexity index is 133. The number of methoxy groups -OCH3 is 1. The van der Waals surface area contributed by atoms with Gasteiger partial charge in [0.05, 0.1) is 6.61 Å². The highest BCUT2D eigenvalue weighted by atomic mass is 16.5. The van der Waals surface area contributed by atoms with E-state index in [-0.39, 0.29) is 12.1 Å². The Morgan fingerprint density at radius 2 is 2.31 bits per heavy atom. The lowest BCUT2D eigenvalue weighted by Gasteiger charge is -2.26. The molecule has 1 aliphatic rings. The minimum atomic E-state index is 0.0355. The first kappa shape index (κ1) is 11.0. The van der Waals surface area contributed by atoms with Crippen molar-refractivity contribution in [1.29, 1.82) is 0 Å². The molecule has 0 aromatic rings. The number of nitrogens with one attached hydrogen (secondary N) is 1. The van der Waals surface area contributed by atoms with E-state index in [1.165, 1.54) is 6.42 Å². The lowest BCUT2D eigenvalue weighted by molar-refractivity contribution is 0.154. The van der Waals surface area contributed by atoms with Gasteiger partial charge in [-0.3, -0.25) is 0 Å². The van der Waals surface area contributed by atoms with Crippen molar-refractivity contribution in [3.63, 3.8) is 0 Å². The second-order valence-electron chi connectivity index (χ2n) is 3.92. The average molecular weight is 187 g/mol. The fraction of sp³-hybridized carbons (Fsp3) is 1.00. The van der Waals surface area contributed by atoms with Gasteiger partial charge in [-0.1, -0.05) is 0 Å². The molecule has 0 aromatic carbocycles. The Morgan fingerprint density at radius 3 is 2.85 bits per heavy atom. The number of rotatable bonds is 6. The minimum absolute atomic E-state index is 0.0355. The predicted octanol–water partition coefficient (Wildman–Crippen LogP) is 0.918. The monoisotopic (exact) mass is 187 g/mol. The van der Waals surface area contributed by atoms with Gasteiger partial charge < -0.3 is 15.2 Å². The van der Waals surface area contributed by atoms with E-state index >= 15 is 0 Å². The summed E-state index contributed by atoms with van der Waals surface area (Å²) in [6, 6.07) is 0. The van der Waals surface area contributed by atoms with E-state index in [0.717, 1.165) is 38.8 Å². The maximum Gasteiger partial charge on any atom is 0.0613 e. The normalized spacial score (nSPS) is 28.2. The molecule has 1 rings (SSSR count). The molecule has 3 heteroatoms. The minimum Gasteiger partial charge on any atom is -0.394 e. The molecule has 13 heavy (non-hydrogen) atoms. The maximum absolute atomic E-state index is 9.28. The van der Waals surface area contributed by atoms with Crippen LogP contribution in [0.15, 0.2) is 0 Å². The van der Waals surface area contributed by atoms with Crippen LogP contribution in [0.1, 0.15) is 32.1 Å². The number of ether oxygens (including phenoxy) is 1. The summed E-state index contributed by atoms with van der Waals surface area (Å²) in [5.41, 5.74) is 0.0355. The zero-order chi connectivity index (χ0) is 9.57. The second-order valence-corrected chi connectivity index (χ2v) is 3.92. The van der Waals surface area contributed by atoms with Crippen LogP contribution in [0.25, 0.3) is 0 Å². The van der Waals surface area contributed by atoms with Gasteiger partial charge in [-0.25, -0.2) is 0 Å². The summed E-state index contributed by atoms with van der Waals surface area (Å²) in [7, 11) is 1.73. The first-order chi connectivity index (χ1) is 6.33. The van der Waals surface area contributed by atoms with Crippen LogP contribution in [0.3, 0.4) is 0 Å². The molecule has 0 aliphatic carbocycles. The molecule has 1 aliphatic heterocycles. The average Bonchev–Trinajstić information content (AvgIpc) is 2.62. The van der Waals surface area contributed by atoms with Gasteiger partial charge in [0.1, 0.15) is 0 Å². The first-order valence-corrected chi connectivity index (χ1v) is 5.18. The SMILES string of the molecule is COCCCCC1(CO)CCCN1. The van der Waals surface area contributed by atoms with Gasteiger partial charge in [-0.05, 0) is 38.6 Å². The number of aliphatic hydroxyl groups is 1. The summed E-state index contributed by atoms with van der Waals surface area (Å²) in [5.74, 6) is 0. The fourth-order valence-electron chi connectivity index (χ4n) is 2.01. The van der Waals surface area contributed by atoms with Crippen LogP contribution in [0.2, 0.25) is 0 Å². The summed E-state index contributed by atoms with van der Waals surface area (Å²) in [4.78, 5) is 0. The largest absolute Gasteiger partial charge is 0.394 e. The zero-order valence-corrected chi connectivity index (χ0v) is 8.51. The van der Waals surface area contributed by atoms with E-state index in [2.05, 4.69) is 5.32 Å². The Labute approximate surface area is 80.5 Å². The number of aliphatic hydroxyl groups excluding tert-OH is 1. The highest BCUT2D eigenvalue weighted by Gasteiger charge is 2.31. The van der Waals surface area contributed by atoms with Crippen LogP contribution in [0, 0.1) is 0 Å². The van der Waals surface area contributed by atoms with E-state index in [4.69, 9.17) is 4.74 Å². The lowest BCUT2D eigenvalue weighted by atomic mass is 9.92. The standard InChI is InChI=1S/C10H21NO2/c1-13-8-3-2-5-10(9-12)6-4-7-11-10/h11-12H,2-9H2,1H3. The van der Waals surface area contributed by atoms with Crippen molar-refractivity contribution in [2.24, 2.45) is 0 Å². The van der Waals surface area contributed by atoms with Gasteiger partial charge in [-0.15, -0.1) is 0 Å². The molecule has 2 N–H and O–H groups in total. The summed E-state index contributed by atoms with van der Waals surface area (Å²) in [6.07, 6.45) is 5.63. The van der Waals surface area contributed by atoms with Crippen LogP contribution in [-0.2, 0) is 4.74 Å². The van der Waals surface area contributed by atoms with Crippen molar-refractivity contribution < 1.29 is 9.84 Å². The molecule has 0 saturated carbocycles. The number of hydrogen-bond donors (Lipinski definition) is 2. The van der Waals surface area contributed by atoms with Gasteiger partial charge in [0.25, 0.3) is 0 Å². The highest BCUT2D eigenvalue weighted by molar-refractivity contribution is 4.92. The van der Waals surface area contributed by atoms with E-state index < -0.39 is 0 Å². The molecule has 1 heterocycles. The number of hydrogen-bond acceptors (Lipinski definition) is 3. The quantitative estimate of drug-likeness (QED) is 0.607. The molecule has 0 radical (unpaired) electrons. The molecule has 1 atom stereocenters. The van der Waals surface area contributed by atoms with E-state index in [0.29, 0.717) is 0 Å². The van der Waals surface area contributed by atoms with Gasteiger partial charge >= 0.3 is 0 Å². The molecule has 1 fully saturated rings. The van der Waals surface area contributed by atoms with Gasteiger partial charge in [0.15, 0.2) is 0 Å². The van der Waals surface area contributed by atoms with Crippen molar-refractivity contribution in [2.75, 3.05) is 26.9 Å². The molecule has 3 nitrogen and oxygen atoms in total. The molecule has 0 amide bonds. The van der Waals surface area contributed by atoms with Crippen molar-refractivity contribution in [1.82, 2.24) is 5.32 Å². The molecule has 0 aromatic heterocycles. The Balaban J connectivity index is 2.16. The maximum atomic E-state index is 9.28. The fourth-order valence-corrected chi connectivity index (χ4v) is 2.01. The van der Waals surface area contributed by atoms with Gasteiger partial charge in [-0.2, -0.15) is 0 Å². The van der Waals surface area contributed by atoms with E-state index in [1.54, 1.807) is 7.11 Å². The van der Waals surface area contributed by atoms with Crippen molar-refractivity contribution in [2.45, 2.75) is 37.6 Å². The Kier molecular flexibility index (Phi) is 4.70. The van der Waals surface area contributed by atoms with Crippen molar-refractivity contribution >= 4 is 0 Å². The molecular weight excluding hydrogens is 166 g/mol. The van der Waals surface area contributed by atoms with E-state index in [9.17, 15) is 5.11 Å². The van der Waals surface area contributed by atoms with Crippen LogP contribution < -0.4 is 5.32 Å². The highest BCUT2D eigenvalue weighted by Crippen LogP contribution is 2.24. The smallest absolute Gasteiger partial charge is 0.0613 e. The summed E-state index contributed by atoms with van der Waals surface area (Å²) in [5, 5.41) is 12.7. The summed E-state index contributed by atoms with van der Waals surface area (Å²) >= 11 is 0. The molecule has 1 saturated heterocycles. The van der Waals surface area contributed by atoms with Crippen LogP contribution in [-0.4, -0.2) is 37.5 Å².